The zero-order chi connectivity index (χ0) is 39.2. The van der Waals surface area contributed by atoms with Gasteiger partial charge in [-0.25, -0.2) is 0 Å². The summed E-state index contributed by atoms with van der Waals surface area (Å²) in [5.74, 6) is 0.582. The summed E-state index contributed by atoms with van der Waals surface area (Å²) < 4.78 is 2.59. The topological polar surface area (TPSA) is 38.4 Å². The molecule has 282 valence electrons. The van der Waals surface area contributed by atoms with Crippen molar-refractivity contribution >= 4 is 42.8 Å². The fraction of sp³-hybridized carbons (Fsp3) is 0.145. The number of rotatable bonds is 9. The van der Waals surface area contributed by atoms with Gasteiger partial charge < -0.3 is 5.73 Å². The molecule has 1 saturated carbocycles. The van der Waals surface area contributed by atoms with Crippen LogP contribution in [0.3, 0.4) is 0 Å². The Balaban J connectivity index is 1.03. The van der Waals surface area contributed by atoms with Gasteiger partial charge in [0.25, 0.3) is 0 Å². The number of aliphatic imine (C=N–C) groups is 1. The number of thiophene rings is 1. The van der Waals surface area contributed by atoms with Crippen molar-refractivity contribution in [2.75, 3.05) is 0 Å². The lowest BCUT2D eigenvalue weighted by Gasteiger charge is -2.30. The molecule has 0 amide bonds. The third-order valence-corrected chi connectivity index (χ3v) is 13.4. The highest BCUT2D eigenvalue weighted by Gasteiger charge is 2.30. The fourth-order valence-corrected chi connectivity index (χ4v) is 10.2. The summed E-state index contributed by atoms with van der Waals surface area (Å²) in [4.78, 5) is 5.61. The molecule has 58 heavy (non-hydrogen) atoms. The maximum atomic E-state index is 7.28. The van der Waals surface area contributed by atoms with Gasteiger partial charge in [0, 0.05) is 37.8 Å². The van der Waals surface area contributed by atoms with E-state index in [1.807, 2.05) is 11.3 Å². The number of fused-ring (bicyclic) bond motifs is 3. The molecule has 1 fully saturated rings. The van der Waals surface area contributed by atoms with Gasteiger partial charge in [-0.2, -0.15) is 0 Å². The lowest BCUT2D eigenvalue weighted by Crippen LogP contribution is -2.33. The molecule has 3 atom stereocenters. The van der Waals surface area contributed by atoms with Crippen LogP contribution in [0.4, 0.5) is 0 Å². The molecule has 7 aromatic carbocycles. The zero-order valence-electron chi connectivity index (χ0n) is 33.0. The molecular formula is C55H46N2S. The summed E-state index contributed by atoms with van der Waals surface area (Å²) in [6.45, 7) is 4.39. The first kappa shape index (κ1) is 36.2. The van der Waals surface area contributed by atoms with Crippen molar-refractivity contribution in [2.24, 2.45) is 16.6 Å². The van der Waals surface area contributed by atoms with E-state index < -0.39 is 0 Å². The molecule has 8 aromatic rings. The summed E-state index contributed by atoms with van der Waals surface area (Å²) >= 11 is 1.87. The minimum atomic E-state index is -0.231. The van der Waals surface area contributed by atoms with Crippen molar-refractivity contribution in [1.82, 2.24) is 0 Å². The Bertz CT molecular complexity index is 2880. The predicted octanol–water partition coefficient (Wildman–Crippen LogP) is 14.4. The quantitative estimate of drug-likeness (QED) is 0.146. The molecule has 0 bridgehead atoms. The minimum absolute atomic E-state index is 0.0262. The Morgan fingerprint density at radius 2 is 1.33 bits per heavy atom. The third kappa shape index (κ3) is 6.85. The summed E-state index contributed by atoms with van der Waals surface area (Å²) in [7, 11) is 0. The highest BCUT2D eigenvalue weighted by Crippen LogP contribution is 2.47. The smallest absolute Gasteiger partial charge is 0.0833 e. The molecule has 0 spiro atoms. The van der Waals surface area contributed by atoms with E-state index in [1.54, 1.807) is 0 Å². The van der Waals surface area contributed by atoms with Crippen LogP contribution in [0.1, 0.15) is 59.5 Å². The summed E-state index contributed by atoms with van der Waals surface area (Å²) in [6, 6.07) is 59.0. The molecule has 0 saturated heterocycles. The van der Waals surface area contributed by atoms with Crippen molar-refractivity contribution in [3.8, 4) is 33.4 Å². The highest BCUT2D eigenvalue weighted by atomic mass is 32.1. The zero-order valence-corrected chi connectivity index (χ0v) is 33.8. The SMILES string of the molecule is CC(=NC(c1ccc(-c2ccccc2)cc1)C1C=CC(c2cccc3c2sc2cccc(-c4ccccc4)c23)=CC1N)c1ccc(-c2ccccc2C)c(C2CC2)c1. The van der Waals surface area contributed by atoms with Crippen LogP contribution in [0.25, 0.3) is 59.1 Å². The Kier molecular flexibility index (Phi) is 9.57. The van der Waals surface area contributed by atoms with E-state index >= 15 is 0 Å². The number of aryl methyl sites for hydroxylation is 1. The molecule has 10 rings (SSSR count). The molecule has 3 unspecified atom stereocenters. The first-order valence-corrected chi connectivity index (χ1v) is 21.4. The van der Waals surface area contributed by atoms with Crippen LogP contribution < -0.4 is 5.73 Å². The van der Waals surface area contributed by atoms with Crippen LogP contribution in [0.15, 0.2) is 187 Å². The second-order valence-electron chi connectivity index (χ2n) is 16.0. The number of nitrogens with zero attached hydrogens (tertiary/aromatic N) is 1. The minimum Gasteiger partial charge on any atom is -0.324 e. The molecule has 0 radical (unpaired) electrons. The Labute approximate surface area is 345 Å². The van der Waals surface area contributed by atoms with Gasteiger partial charge in [-0.15, -0.1) is 11.3 Å². The molecule has 2 aliphatic carbocycles. The number of benzene rings is 7. The summed E-state index contributed by atoms with van der Waals surface area (Å²) in [5.41, 5.74) is 23.4. The maximum Gasteiger partial charge on any atom is 0.0833 e. The largest absolute Gasteiger partial charge is 0.324 e. The van der Waals surface area contributed by atoms with Crippen molar-refractivity contribution < 1.29 is 0 Å². The van der Waals surface area contributed by atoms with Crippen LogP contribution in [0, 0.1) is 12.8 Å². The summed E-state index contributed by atoms with van der Waals surface area (Å²) in [6.07, 6.45) is 9.39. The third-order valence-electron chi connectivity index (χ3n) is 12.2. The second kappa shape index (κ2) is 15.3. The lowest BCUT2D eigenvalue weighted by molar-refractivity contribution is 0.474. The van der Waals surface area contributed by atoms with Crippen molar-refractivity contribution in [3.63, 3.8) is 0 Å². The number of hydrogen-bond donors (Lipinski definition) is 1. The van der Waals surface area contributed by atoms with E-state index in [4.69, 9.17) is 10.7 Å². The van der Waals surface area contributed by atoms with E-state index in [1.165, 1.54) is 99.8 Å². The van der Waals surface area contributed by atoms with Gasteiger partial charge in [0.05, 0.1) is 6.04 Å². The molecular weight excluding hydrogens is 721 g/mol. The molecule has 0 aliphatic heterocycles. The predicted molar refractivity (Wildman–Crippen MR) is 249 cm³/mol. The Hall–Kier alpha value is -6.13. The van der Waals surface area contributed by atoms with E-state index in [0.29, 0.717) is 5.92 Å². The molecule has 2 nitrogen and oxygen atoms in total. The van der Waals surface area contributed by atoms with Crippen molar-refractivity contribution in [3.05, 3.63) is 210 Å². The van der Waals surface area contributed by atoms with Crippen molar-refractivity contribution in [2.45, 2.75) is 44.7 Å². The number of nitrogens with two attached hydrogens (primary N) is 1. The second-order valence-corrected chi connectivity index (χ2v) is 17.1. The van der Waals surface area contributed by atoms with Gasteiger partial charge in [0.15, 0.2) is 0 Å². The highest BCUT2D eigenvalue weighted by molar-refractivity contribution is 7.26. The van der Waals surface area contributed by atoms with Gasteiger partial charge in [-0.05, 0) is 112 Å². The summed E-state index contributed by atoms with van der Waals surface area (Å²) in [5, 5.41) is 2.61. The van der Waals surface area contributed by atoms with Crippen LogP contribution in [0.5, 0.6) is 0 Å². The maximum absolute atomic E-state index is 7.28. The van der Waals surface area contributed by atoms with Gasteiger partial charge in [-0.1, -0.05) is 170 Å². The van der Waals surface area contributed by atoms with Gasteiger partial charge in [-0.3, -0.25) is 4.99 Å². The van der Waals surface area contributed by atoms with Gasteiger partial charge in [0.1, 0.15) is 0 Å². The van der Waals surface area contributed by atoms with E-state index in [-0.39, 0.29) is 18.0 Å². The van der Waals surface area contributed by atoms with E-state index in [2.05, 4.69) is 196 Å². The first-order chi connectivity index (χ1) is 28.5. The normalized spacial score (nSPS) is 17.4. The van der Waals surface area contributed by atoms with Crippen LogP contribution in [-0.4, -0.2) is 11.8 Å². The van der Waals surface area contributed by atoms with Crippen LogP contribution >= 0.6 is 11.3 Å². The van der Waals surface area contributed by atoms with Crippen molar-refractivity contribution in [1.29, 1.82) is 0 Å². The average molecular weight is 767 g/mol. The van der Waals surface area contributed by atoms with E-state index in [9.17, 15) is 0 Å². The Morgan fingerprint density at radius 3 is 2.07 bits per heavy atom. The average Bonchev–Trinajstić information content (AvgIpc) is 4.05. The lowest BCUT2D eigenvalue weighted by atomic mass is 9.81. The fourth-order valence-electron chi connectivity index (χ4n) is 8.96. The number of hydrogen-bond acceptors (Lipinski definition) is 3. The molecule has 1 aromatic heterocycles. The molecule has 3 heteroatoms. The van der Waals surface area contributed by atoms with Gasteiger partial charge in [0.2, 0.25) is 0 Å². The molecule has 2 aliphatic rings. The molecule has 1 heterocycles. The van der Waals surface area contributed by atoms with Gasteiger partial charge >= 0.3 is 0 Å². The first-order valence-electron chi connectivity index (χ1n) is 20.6. The Morgan fingerprint density at radius 1 is 0.655 bits per heavy atom. The molecule has 2 N–H and O–H groups in total. The number of allylic oxidation sites excluding steroid dienone is 2. The van der Waals surface area contributed by atoms with Crippen LogP contribution in [-0.2, 0) is 0 Å². The van der Waals surface area contributed by atoms with Crippen LogP contribution in [0.2, 0.25) is 0 Å². The van der Waals surface area contributed by atoms with E-state index in [0.717, 1.165) is 5.71 Å². The monoisotopic (exact) mass is 766 g/mol. The standard InChI is InChI=1S/C55H46N2S/c1-35-13-9-10-18-44(35)47-31-29-42(33-50(47)40-25-26-40)36(2)57-54(41-27-23-38(24-28-41)37-14-5-3-6-15-37)48-32-30-43(34-51(48)56)46-20-11-21-49-53-45(39-16-7-4-8-17-39)19-12-22-52(53)58-55(46)49/h3-24,27-34,40,48,51,54H,25-26,56H2,1-2H3.